The molecule has 0 saturated carbocycles. The molecule has 0 unspecified atom stereocenters. The Hall–Kier alpha value is 0.0300. The summed E-state index contributed by atoms with van der Waals surface area (Å²) < 4.78 is 22.3. The number of rotatable bonds is 1. The van der Waals surface area contributed by atoms with Gasteiger partial charge in [-0.25, -0.2) is 0 Å². The predicted octanol–water partition coefficient (Wildman–Crippen LogP) is 2.47. The van der Waals surface area contributed by atoms with Crippen molar-refractivity contribution in [3.8, 4) is 0 Å². The van der Waals surface area contributed by atoms with E-state index >= 15 is 0 Å². The Kier molecular flexibility index (Phi) is 3.10. The summed E-state index contributed by atoms with van der Waals surface area (Å²) in [5.41, 5.74) is 0. The molecule has 0 spiro atoms. The van der Waals surface area contributed by atoms with Gasteiger partial charge in [0.15, 0.2) is 0 Å². The molecule has 0 aromatic carbocycles. The largest absolute Gasteiger partial charge is 0.270 e. The molecule has 0 nitrogen and oxygen atoms in total. The van der Waals surface area contributed by atoms with Gasteiger partial charge in [-0.1, -0.05) is 7.92 Å². The number of hydrogen-bond donors (Lipinski definition) is 0. The van der Waals surface area contributed by atoms with Crippen molar-refractivity contribution in [2.24, 2.45) is 0 Å². The van der Waals surface area contributed by atoms with E-state index in [1.807, 2.05) is 0 Å². The second-order valence-electron chi connectivity index (χ2n) is 1.38. The van der Waals surface area contributed by atoms with Gasteiger partial charge in [0.2, 0.25) is 0 Å². The van der Waals surface area contributed by atoms with Crippen LogP contribution in [-0.2, 0) is 0 Å². The summed E-state index contributed by atoms with van der Waals surface area (Å²) in [7, 11) is -0.552. The molecule has 0 bridgehead atoms. The Balaban J connectivity index is 3.45. The molecule has 0 fully saturated rings. The minimum Gasteiger partial charge on any atom is -0.173 e. The molecule has 0 rings (SSSR count). The summed E-state index contributed by atoms with van der Waals surface area (Å²) in [6, 6.07) is 0. The molecule has 0 aliphatic heterocycles. The third kappa shape index (κ3) is 6.03. The van der Waals surface area contributed by atoms with E-state index in [1.165, 1.54) is 0 Å². The Morgan fingerprint density at radius 3 is 1.86 bits per heavy atom. The van der Waals surface area contributed by atoms with Crippen LogP contribution in [0.3, 0.4) is 0 Å². The maximum Gasteiger partial charge on any atom is 0.270 e. The Labute approximate surface area is 43.0 Å². The smallest absolute Gasteiger partial charge is 0.173 e. The fourth-order valence-electron chi connectivity index (χ4n) is 0.195. The third-order valence-electron chi connectivity index (χ3n) is 0.356. The van der Waals surface area contributed by atoms with Crippen LogP contribution in [0.25, 0.3) is 0 Å². The summed E-state index contributed by atoms with van der Waals surface area (Å²) in [6.07, 6.45) is -1.56. The standard InChI is InChI=1S/C4H7F2P/c1-7(2)3-4(5)6/h3H,1-2H3. The zero-order valence-corrected chi connectivity index (χ0v) is 5.17. The first kappa shape index (κ1) is 7.03. The lowest BCUT2D eigenvalue weighted by Crippen LogP contribution is -1.57. The maximum absolute atomic E-state index is 11.2. The molecule has 0 aliphatic rings. The van der Waals surface area contributed by atoms with Crippen LogP contribution in [0.4, 0.5) is 8.78 Å². The van der Waals surface area contributed by atoms with Crippen LogP contribution in [-0.4, -0.2) is 13.3 Å². The minimum atomic E-state index is -1.56. The average Bonchev–Trinajstić information content (AvgIpc) is 1.27. The summed E-state index contributed by atoms with van der Waals surface area (Å²) in [5.74, 6) is 0.981. The fourth-order valence-corrected chi connectivity index (χ4v) is 0.586. The molecule has 0 atom stereocenters. The molecule has 0 radical (unpaired) electrons. The molecule has 0 aromatic rings. The van der Waals surface area contributed by atoms with E-state index in [9.17, 15) is 8.78 Å². The molecule has 0 amide bonds. The highest BCUT2D eigenvalue weighted by atomic mass is 31.1. The Morgan fingerprint density at radius 1 is 1.43 bits per heavy atom. The van der Waals surface area contributed by atoms with E-state index in [-0.39, 0.29) is 0 Å². The van der Waals surface area contributed by atoms with Crippen molar-refractivity contribution in [2.75, 3.05) is 13.3 Å². The highest BCUT2D eigenvalue weighted by Gasteiger charge is 1.88. The van der Waals surface area contributed by atoms with Crippen molar-refractivity contribution < 1.29 is 8.78 Å². The van der Waals surface area contributed by atoms with Gasteiger partial charge in [-0.05, 0) is 13.3 Å². The van der Waals surface area contributed by atoms with Gasteiger partial charge in [0, 0.05) is 5.82 Å². The zero-order valence-electron chi connectivity index (χ0n) is 4.28. The van der Waals surface area contributed by atoms with Crippen molar-refractivity contribution in [2.45, 2.75) is 0 Å². The van der Waals surface area contributed by atoms with Crippen molar-refractivity contribution in [3.05, 3.63) is 11.9 Å². The topological polar surface area (TPSA) is 0 Å². The first-order valence-corrected chi connectivity index (χ1v) is 4.12. The Bertz CT molecular complexity index is 73.8. The quantitative estimate of drug-likeness (QED) is 0.471. The summed E-state index contributed by atoms with van der Waals surface area (Å²) in [4.78, 5) is 0. The van der Waals surface area contributed by atoms with Crippen LogP contribution in [0.5, 0.6) is 0 Å². The molecule has 3 heteroatoms. The van der Waals surface area contributed by atoms with Crippen LogP contribution < -0.4 is 0 Å². The predicted molar refractivity (Wildman–Crippen MR) is 29.1 cm³/mol. The molecular weight excluding hydrogens is 117 g/mol. The van der Waals surface area contributed by atoms with Gasteiger partial charge < -0.3 is 0 Å². The summed E-state index contributed by atoms with van der Waals surface area (Å²) in [6.45, 7) is 3.54. The van der Waals surface area contributed by atoms with Gasteiger partial charge >= 0.3 is 0 Å². The fraction of sp³-hybridized carbons (Fsp3) is 0.500. The minimum absolute atomic E-state index is 0.552. The molecule has 42 valence electrons. The first-order chi connectivity index (χ1) is 3.13. The molecule has 7 heavy (non-hydrogen) atoms. The lowest BCUT2D eigenvalue weighted by molar-refractivity contribution is 0.424. The van der Waals surface area contributed by atoms with Gasteiger partial charge in [0.25, 0.3) is 6.08 Å². The Morgan fingerprint density at radius 2 is 1.86 bits per heavy atom. The number of halogens is 2. The SMILES string of the molecule is CP(C)C=C(F)F. The van der Waals surface area contributed by atoms with Crippen molar-refractivity contribution in [1.29, 1.82) is 0 Å². The lowest BCUT2D eigenvalue weighted by Gasteiger charge is -1.89. The van der Waals surface area contributed by atoms with Crippen LogP contribution >= 0.6 is 7.92 Å². The van der Waals surface area contributed by atoms with E-state index in [1.54, 1.807) is 13.3 Å². The molecule has 0 saturated heterocycles. The van der Waals surface area contributed by atoms with E-state index in [0.717, 1.165) is 5.82 Å². The second kappa shape index (κ2) is 3.09. The van der Waals surface area contributed by atoms with Crippen molar-refractivity contribution in [1.82, 2.24) is 0 Å². The summed E-state index contributed by atoms with van der Waals surface area (Å²) in [5, 5.41) is 0. The van der Waals surface area contributed by atoms with E-state index in [2.05, 4.69) is 0 Å². The molecule has 0 N–H and O–H groups in total. The second-order valence-corrected chi connectivity index (χ2v) is 3.57. The third-order valence-corrected chi connectivity index (χ3v) is 1.07. The monoisotopic (exact) mass is 124 g/mol. The first-order valence-electron chi connectivity index (χ1n) is 1.82. The van der Waals surface area contributed by atoms with Crippen LogP contribution in [0.15, 0.2) is 11.9 Å². The van der Waals surface area contributed by atoms with Crippen molar-refractivity contribution in [3.63, 3.8) is 0 Å². The van der Waals surface area contributed by atoms with Gasteiger partial charge in [-0.2, -0.15) is 8.78 Å². The highest BCUT2D eigenvalue weighted by Crippen LogP contribution is 2.28. The van der Waals surface area contributed by atoms with Gasteiger partial charge in [-0.3, -0.25) is 0 Å². The average molecular weight is 124 g/mol. The van der Waals surface area contributed by atoms with Gasteiger partial charge in [-0.15, -0.1) is 0 Å². The zero-order chi connectivity index (χ0) is 5.86. The van der Waals surface area contributed by atoms with Crippen LogP contribution in [0, 0.1) is 0 Å². The molecule has 0 heterocycles. The van der Waals surface area contributed by atoms with Crippen LogP contribution in [0.1, 0.15) is 0 Å². The van der Waals surface area contributed by atoms with Gasteiger partial charge in [0.1, 0.15) is 0 Å². The lowest BCUT2D eigenvalue weighted by atomic mass is 11.1. The van der Waals surface area contributed by atoms with E-state index in [4.69, 9.17) is 0 Å². The van der Waals surface area contributed by atoms with E-state index < -0.39 is 14.0 Å². The maximum atomic E-state index is 11.2. The molecule has 0 aromatic heterocycles. The van der Waals surface area contributed by atoms with Crippen LogP contribution in [0.2, 0.25) is 0 Å². The molecular formula is C4H7F2P. The van der Waals surface area contributed by atoms with Gasteiger partial charge in [0.05, 0.1) is 0 Å². The summed E-state index contributed by atoms with van der Waals surface area (Å²) >= 11 is 0. The molecule has 0 aliphatic carbocycles. The van der Waals surface area contributed by atoms with Crippen molar-refractivity contribution >= 4 is 7.92 Å². The van der Waals surface area contributed by atoms with E-state index in [0.29, 0.717) is 0 Å². The number of hydrogen-bond acceptors (Lipinski definition) is 0. The normalized spacial score (nSPS) is 9.29. The highest BCUT2D eigenvalue weighted by molar-refractivity contribution is 7.59.